The number of hydrogen-bond donors (Lipinski definition) is 1. The van der Waals surface area contributed by atoms with Gasteiger partial charge in [-0.15, -0.1) is 0 Å². The number of carbonyl (C=O) groups excluding carboxylic acids is 3. The fourth-order valence-electron chi connectivity index (χ4n) is 2.62. The van der Waals surface area contributed by atoms with E-state index in [1.54, 1.807) is 24.3 Å². The summed E-state index contributed by atoms with van der Waals surface area (Å²) in [5.74, 6) is -1.33. The van der Waals surface area contributed by atoms with Crippen LogP contribution in [0.15, 0.2) is 54.1 Å². The molecular weight excluding hydrogens is 330 g/mol. The highest BCUT2D eigenvalue weighted by molar-refractivity contribution is 6.39. The molecule has 0 unspecified atom stereocenters. The second-order valence-electron chi connectivity index (χ2n) is 6.28. The Morgan fingerprint density at radius 2 is 1.54 bits per heavy atom. The highest BCUT2D eigenvalue weighted by Gasteiger charge is 2.36. The van der Waals surface area contributed by atoms with Crippen LogP contribution in [0.4, 0.5) is 16.2 Å². The normalized spacial score (nSPS) is 16.0. The molecule has 132 valence electrons. The maximum atomic E-state index is 12.8. The molecule has 0 radical (unpaired) electrons. The van der Waals surface area contributed by atoms with Gasteiger partial charge in [-0.05, 0) is 42.8 Å². The zero-order chi connectivity index (χ0) is 18.8. The molecule has 6 nitrogen and oxygen atoms in total. The molecule has 1 fully saturated rings. The van der Waals surface area contributed by atoms with Gasteiger partial charge in [-0.2, -0.15) is 0 Å². The van der Waals surface area contributed by atoms with Gasteiger partial charge in [0.1, 0.15) is 5.57 Å². The van der Waals surface area contributed by atoms with Gasteiger partial charge in [0, 0.05) is 19.8 Å². The van der Waals surface area contributed by atoms with Gasteiger partial charge in [-0.1, -0.05) is 29.8 Å². The van der Waals surface area contributed by atoms with Crippen LogP contribution in [0, 0.1) is 6.92 Å². The minimum absolute atomic E-state index is 0.0808. The van der Waals surface area contributed by atoms with E-state index in [2.05, 4.69) is 5.32 Å². The topological polar surface area (TPSA) is 69.7 Å². The summed E-state index contributed by atoms with van der Waals surface area (Å²) in [5.41, 5.74) is 3.05. The second kappa shape index (κ2) is 6.84. The van der Waals surface area contributed by atoms with Crippen molar-refractivity contribution in [2.45, 2.75) is 6.92 Å². The SMILES string of the molecule is Cc1ccc(N2C(=O)NC(=O)/C(=C/c3ccc(N(C)C)cc3)C2=O)cc1. The van der Waals surface area contributed by atoms with Crippen molar-refractivity contribution >= 4 is 35.3 Å². The Morgan fingerprint density at radius 1 is 0.923 bits per heavy atom. The predicted molar refractivity (Wildman–Crippen MR) is 101 cm³/mol. The van der Waals surface area contributed by atoms with Crippen LogP contribution in [0.5, 0.6) is 0 Å². The summed E-state index contributed by atoms with van der Waals surface area (Å²) in [6.45, 7) is 1.91. The molecule has 3 rings (SSSR count). The maximum absolute atomic E-state index is 12.8. The molecule has 2 aromatic carbocycles. The summed E-state index contributed by atoms with van der Waals surface area (Å²) in [4.78, 5) is 40.0. The fourth-order valence-corrected chi connectivity index (χ4v) is 2.62. The Labute approximate surface area is 151 Å². The van der Waals surface area contributed by atoms with Gasteiger partial charge in [0.05, 0.1) is 5.69 Å². The van der Waals surface area contributed by atoms with Crippen LogP contribution in [0.2, 0.25) is 0 Å². The number of barbiturate groups is 1. The Kier molecular flexibility index (Phi) is 4.58. The number of nitrogens with one attached hydrogen (secondary N) is 1. The Morgan fingerprint density at radius 3 is 2.12 bits per heavy atom. The van der Waals surface area contributed by atoms with Crippen LogP contribution < -0.4 is 15.1 Å². The van der Waals surface area contributed by atoms with Crippen molar-refractivity contribution in [3.8, 4) is 0 Å². The molecule has 1 aliphatic heterocycles. The van der Waals surface area contributed by atoms with Gasteiger partial charge in [-0.3, -0.25) is 14.9 Å². The van der Waals surface area contributed by atoms with Gasteiger partial charge < -0.3 is 4.90 Å². The molecule has 0 aliphatic carbocycles. The predicted octanol–water partition coefficient (Wildman–Crippen LogP) is 2.73. The molecule has 0 bridgehead atoms. The largest absolute Gasteiger partial charge is 0.378 e. The summed E-state index contributed by atoms with van der Waals surface area (Å²) >= 11 is 0. The molecule has 0 aromatic heterocycles. The number of aryl methyl sites for hydroxylation is 1. The molecule has 6 heteroatoms. The van der Waals surface area contributed by atoms with E-state index in [4.69, 9.17) is 0 Å². The summed E-state index contributed by atoms with van der Waals surface area (Å²) in [6, 6.07) is 13.6. The van der Waals surface area contributed by atoms with Crippen molar-refractivity contribution < 1.29 is 14.4 Å². The van der Waals surface area contributed by atoms with E-state index < -0.39 is 17.8 Å². The Bertz CT molecular complexity index is 897. The number of amides is 4. The lowest BCUT2D eigenvalue weighted by molar-refractivity contribution is -0.122. The quantitative estimate of drug-likeness (QED) is 0.683. The molecule has 1 heterocycles. The van der Waals surface area contributed by atoms with Crippen molar-refractivity contribution in [1.82, 2.24) is 5.32 Å². The summed E-state index contributed by atoms with van der Waals surface area (Å²) in [7, 11) is 3.85. The second-order valence-corrected chi connectivity index (χ2v) is 6.28. The number of nitrogens with zero attached hydrogens (tertiary/aromatic N) is 2. The molecule has 0 spiro atoms. The van der Waals surface area contributed by atoms with E-state index in [9.17, 15) is 14.4 Å². The maximum Gasteiger partial charge on any atom is 0.335 e. The van der Waals surface area contributed by atoms with E-state index >= 15 is 0 Å². The van der Waals surface area contributed by atoms with Crippen LogP contribution in [0.3, 0.4) is 0 Å². The number of hydrogen-bond acceptors (Lipinski definition) is 4. The summed E-state index contributed by atoms with van der Waals surface area (Å²) in [5, 5.41) is 2.22. The van der Waals surface area contributed by atoms with E-state index in [0.29, 0.717) is 11.3 Å². The van der Waals surface area contributed by atoms with Crippen LogP contribution in [0.1, 0.15) is 11.1 Å². The molecule has 2 aromatic rings. The van der Waals surface area contributed by atoms with Crippen molar-refractivity contribution in [2.75, 3.05) is 23.9 Å². The zero-order valence-electron chi connectivity index (χ0n) is 14.8. The molecule has 0 atom stereocenters. The zero-order valence-corrected chi connectivity index (χ0v) is 14.8. The molecule has 0 saturated carbocycles. The first-order valence-corrected chi connectivity index (χ1v) is 8.12. The van der Waals surface area contributed by atoms with E-state index in [1.165, 1.54) is 6.08 Å². The van der Waals surface area contributed by atoms with Crippen LogP contribution in [0.25, 0.3) is 6.08 Å². The Balaban J connectivity index is 1.95. The third kappa shape index (κ3) is 3.35. The lowest BCUT2D eigenvalue weighted by Gasteiger charge is -2.26. The fraction of sp³-hybridized carbons (Fsp3) is 0.150. The van der Waals surface area contributed by atoms with E-state index in [1.807, 2.05) is 50.2 Å². The molecule has 4 amide bonds. The van der Waals surface area contributed by atoms with Crippen molar-refractivity contribution in [3.05, 3.63) is 65.2 Å². The highest BCUT2D eigenvalue weighted by Crippen LogP contribution is 2.23. The minimum Gasteiger partial charge on any atom is -0.378 e. The highest BCUT2D eigenvalue weighted by atomic mass is 16.2. The number of rotatable bonds is 3. The average Bonchev–Trinajstić information content (AvgIpc) is 2.60. The molecule has 26 heavy (non-hydrogen) atoms. The van der Waals surface area contributed by atoms with Gasteiger partial charge in [0.25, 0.3) is 11.8 Å². The van der Waals surface area contributed by atoms with Crippen molar-refractivity contribution in [1.29, 1.82) is 0 Å². The minimum atomic E-state index is -0.746. The summed E-state index contributed by atoms with van der Waals surface area (Å²) < 4.78 is 0. The first-order valence-electron chi connectivity index (χ1n) is 8.12. The van der Waals surface area contributed by atoms with Gasteiger partial charge in [0.2, 0.25) is 0 Å². The van der Waals surface area contributed by atoms with Crippen LogP contribution in [-0.4, -0.2) is 31.9 Å². The lowest BCUT2D eigenvalue weighted by atomic mass is 10.1. The number of benzene rings is 2. The number of imide groups is 2. The van der Waals surface area contributed by atoms with Gasteiger partial charge in [-0.25, -0.2) is 9.69 Å². The van der Waals surface area contributed by atoms with E-state index in [-0.39, 0.29) is 5.57 Å². The van der Waals surface area contributed by atoms with Gasteiger partial charge >= 0.3 is 6.03 Å². The first-order chi connectivity index (χ1) is 12.4. The monoisotopic (exact) mass is 349 g/mol. The first kappa shape index (κ1) is 17.4. The smallest absolute Gasteiger partial charge is 0.335 e. The molecular formula is C20H19N3O3. The number of anilines is 2. The molecule has 1 N–H and O–H groups in total. The molecule has 1 saturated heterocycles. The van der Waals surface area contributed by atoms with E-state index in [0.717, 1.165) is 16.2 Å². The van der Waals surface area contributed by atoms with Crippen molar-refractivity contribution in [3.63, 3.8) is 0 Å². The third-order valence-electron chi connectivity index (χ3n) is 4.11. The van der Waals surface area contributed by atoms with Crippen LogP contribution >= 0.6 is 0 Å². The Hall–Kier alpha value is -3.41. The van der Waals surface area contributed by atoms with Gasteiger partial charge in [0.15, 0.2) is 0 Å². The van der Waals surface area contributed by atoms with Crippen LogP contribution in [-0.2, 0) is 9.59 Å². The standard InChI is InChI=1S/C20H19N3O3/c1-13-4-8-16(9-5-13)23-19(25)17(18(24)21-20(23)26)12-14-6-10-15(11-7-14)22(2)3/h4-12H,1-3H3,(H,21,24,26)/b17-12-. The summed E-state index contributed by atoms with van der Waals surface area (Å²) in [6.07, 6.45) is 1.49. The lowest BCUT2D eigenvalue weighted by Crippen LogP contribution is -2.54. The third-order valence-corrected chi connectivity index (χ3v) is 4.11. The number of carbonyl (C=O) groups is 3. The molecule has 1 aliphatic rings. The van der Waals surface area contributed by atoms with Crippen molar-refractivity contribution in [2.24, 2.45) is 0 Å². The number of urea groups is 1. The average molecular weight is 349 g/mol.